The maximum atomic E-state index is 12.8. The molecular formula is C16H31N3O. The van der Waals surface area contributed by atoms with Gasteiger partial charge in [-0.3, -0.25) is 9.69 Å². The van der Waals surface area contributed by atoms with E-state index >= 15 is 0 Å². The minimum absolute atomic E-state index is 0.0548. The average molecular weight is 281 g/mol. The molecule has 0 spiro atoms. The Hall–Kier alpha value is -0.610. The molecule has 2 rings (SSSR count). The number of amides is 1. The van der Waals surface area contributed by atoms with Gasteiger partial charge in [0.2, 0.25) is 5.91 Å². The first-order valence-electron chi connectivity index (χ1n) is 8.36. The number of nitrogens with zero attached hydrogens (tertiary/aromatic N) is 2. The number of hydrogen-bond acceptors (Lipinski definition) is 3. The molecular weight excluding hydrogens is 250 g/mol. The molecule has 4 nitrogen and oxygen atoms in total. The highest BCUT2D eigenvalue weighted by molar-refractivity contribution is 5.80. The summed E-state index contributed by atoms with van der Waals surface area (Å²) in [6, 6.07) is 0.614. The molecule has 2 aliphatic rings. The molecule has 0 radical (unpaired) electrons. The van der Waals surface area contributed by atoms with E-state index < -0.39 is 0 Å². The van der Waals surface area contributed by atoms with Crippen molar-refractivity contribution >= 4 is 5.91 Å². The Balaban J connectivity index is 1.96. The maximum Gasteiger partial charge on any atom is 0.227 e. The number of likely N-dealkylation sites (N-methyl/N-ethyl adjacent to an activating group) is 1. The minimum Gasteiger partial charge on any atom is -0.341 e. The van der Waals surface area contributed by atoms with Crippen LogP contribution in [0.15, 0.2) is 0 Å². The molecule has 4 atom stereocenters. The van der Waals surface area contributed by atoms with Gasteiger partial charge in [-0.2, -0.15) is 0 Å². The molecule has 4 unspecified atom stereocenters. The van der Waals surface area contributed by atoms with E-state index in [1.807, 2.05) is 0 Å². The Kier molecular flexibility index (Phi) is 5.44. The SMILES string of the molecule is CCN(CC)C1CCN(C(=O)C2C(C)CCCC2N)C1. The van der Waals surface area contributed by atoms with Crippen LogP contribution in [0.5, 0.6) is 0 Å². The zero-order chi connectivity index (χ0) is 14.7. The molecule has 0 aromatic heterocycles. The van der Waals surface area contributed by atoms with Gasteiger partial charge in [0.25, 0.3) is 0 Å². The van der Waals surface area contributed by atoms with Crippen LogP contribution in [0.3, 0.4) is 0 Å². The molecule has 1 saturated carbocycles. The van der Waals surface area contributed by atoms with Crippen LogP contribution in [0.25, 0.3) is 0 Å². The van der Waals surface area contributed by atoms with E-state index in [9.17, 15) is 4.79 Å². The zero-order valence-electron chi connectivity index (χ0n) is 13.3. The van der Waals surface area contributed by atoms with Gasteiger partial charge in [0.05, 0.1) is 5.92 Å². The van der Waals surface area contributed by atoms with Crippen molar-refractivity contribution in [1.82, 2.24) is 9.80 Å². The first kappa shape index (κ1) is 15.8. The highest BCUT2D eigenvalue weighted by atomic mass is 16.2. The lowest BCUT2D eigenvalue weighted by Gasteiger charge is -2.36. The van der Waals surface area contributed by atoms with E-state index in [4.69, 9.17) is 5.73 Å². The van der Waals surface area contributed by atoms with Crippen LogP contribution in [-0.2, 0) is 4.79 Å². The number of carbonyl (C=O) groups is 1. The fraction of sp³-hybridized carbons (Fsp3) is 0.938. The molecule has 2 N–H and O–H groups in total. The van der Waals surface area contributed by atoms with Crippen LogP contribution in [-0.4, -0.2) is 54.0 Å². The van der Waals surface area contributed by atoms with E-state index in [1.54, 1.807) is 0 Å². The number of carbonyl (C=O) groups excluding carboxylic acids is 1. The van der Waals surface area contributed by atoms with Crippen molar-refractivity contribution in [2.24, 2.45) is 17.6 Å². The Bertz CT molecular complexity index is 320. The van der Waals surface area contributed by atoms with Crippen LogP contribution in [0.1, 0.15) is 46.5 Å². The highest BCUT2D eigenvalue weighted by Gasteiger charge is 2.39. The van der Waals surface area contributed by atoms with Crippen LogP contribution in [0.4, 0.5) is 0 Å². The third kappa shape index (κ3) is 3.17. The summed E-state index contributed by atoms with van der Waals surface area (Å²) >= 11 is 0. The molecule has 0 aromatic carbocycles. The van der Waals surface area contributed by atoms with Crippen molar-refractivity contribution in [2.45, 2.75) is 58.5 Å². The normalized spacial score (nSPS) is 34.8. The molecule has 0 bridgehead atoms. The molecule has 0 aromatic rings. The summed E-state index contributed by atoms with van der Waals surface area (Å²) < 4.78 is 0. The summed E-state index contributed by atoms with van der Waals surface area (Å²) in [4.78, 5) is 17.3. The Morgan fingerprint density at radius 3 is 2.55 bits per heavy atom. The summed E-state index contributed by atoms with van der Waals surface area (Å²) in [6.45, 7) is 10.6. The van der Waals surface area contributed by atoms with Gasteiger partial charge in [0.1, 0.15) is 0 Å². The quantitative estimate of drug-likeness (QED) is 0.853. The monoisotopic (exact) mass is 281 g/mol. The van der Waals surface area contributed by atoms with Crippen LogP contribution < -0.4 is 5.73 Å². The maximum absolute atomic E-state index is 12.8. The first-order chi connectivity index (χ1) is 9.58. The molecule has 2 fully saturated rings. The molecule has 20 heavy (non-hydrogen) atoms. The molecule has 1 heterocycles. The Morgan fingerprint density at radius 2 is 1.95 bits per heavy atom. The smallest absolute Gasteiger partial charge is 0.227 e. The van der Waals surface area contributed by atoms with Gasteiger partial charge in [0.15, 0.2) is 0 Å². The second-order valence-corrected chi connectivity index (χ2v) is 6.55. The number of hydrogen-bond donors (Lipinski definition) is 1. The van der Waals surface area contributed by atoms with Crippen molar-refractivity contribution < 1.29 is 4.79 Å². The van der Waals surface area contributed by atoms with E-state index in [0.29, 0.717) is 17.9 Å². The average Bonchev–Trinajstić information content (AvgIpc) is 2.89. The lowest BCUT2D eigenvalue weighted by molar-refractivity contribution is -0.138. The van der Waals surface area contributed by atoms with Gasteiger partial charge >= 0.3 is 0 Å². The van der Waals surface area contributed by atoms with E-state index in [0.717, 1.165) is 45.4 Å². The van der Waals surface area contributed by atoms with Gasteiger partial charge in [0, 0.05) is 25.2 Å². The van der Waals surface area contributed by atoms with Crippen LogP contribution in [0, 0.1) is 11.8 Å². The topological polar surface area (TPSA) is 49.6 Å². The summed E-state index contributed by atoms with van der Waals surface area (Å²) in [6.07, 6.45) is 4.45. The van der Waals surface area contributed by atoms with Crippen molar-refractivity contribution in [1.29, 1.82) is 0 Å². The fourth-order valence-electron chi connectivity index (χ4n) is 4.07. The minimum atomic E-state index is 0.0548. The van der Waals surface area contributed by atoms with Gasteiger partial charge in [-0.15, -0.1) is 0 Å². The van der Waals surface area contributed by atoms with E-state index in [2.05, 4.69) is 30.6 Å². The van der Waals surface area contributed by atoms with Crippen molar-refractivity contribution in [2.75, 3.05) is 26.2 Å². The van der Waals surface area contributed by atoms with Crippen molar-refractivity contribution in [3.8, 4) is 0 Å². The highest BCUT2D eigenvalue weighted by Crippen LogP contribution is 2.31. The molecule has 1 aliphatic heterocycles. The van der Waals surface area contributed by atoms with Gasteiger partial charge in [-0.05, 0) is 38.3 Å². The van der Waals surface area contributed by atoms with E-state index in [1.165, 1.54) is 6.42 Å². The van der Waals surface area contributed by atoms with Crippen LogP contribution >= 0.6 is 0 Å². The first-order valence-corrected chi connectivity index (χ1v) is 8.36. The Morgan fingerprint density at radius 1 is 1.25 bits per heavy atom. The zero-order valence-corrected chi connectivity index (χ0v) is 13.3. The molecule has 116 valence electrons. The molecule has 1 aliphatic carbocycles. The molecule has 1 amide bonds. The van der Waals surface area contributed by atoms with E-state index in [-0.39, 0.29) is 12.0 Å². The number of nitrogens with two attached hydrogens (primary N) is 1. The van der Waals surface area contributed by atoms with Gasteiger partial charge < -0.3 is 10.6 Å². The largest absolute Gasteiger partial charge is 0.341 e. The third-order valence-corrected chi connectivity index (χ3v) is 5.36. The summed E-state index contributed by atoms with van der Waals surface area (Å²) in [5, 5.41) is 0. The summed E-state index contributed by atoms with van der Waals surface area (Å²) in [5.41, 5.74) is 6.23. The van der Waals surface area contributed by atoms with Crippen molar-refractivity contribution in [3.63, 3.8) is 0 Å². The number of likely N-dealkylation sites (tertiary alicyclic amines) is 1. The van der Waals surface area contributed by atoms with Gasteiger partial charge in [-0.25, -0.2) is 0 Å². The second kappa shape index (κ2) is 6.90. The van der Waals surface area contributed by atoms with Crippen molar-refractivity contribution in [3.05, 3.63) is 0 Å². The third-order valence-electron chi connectivity index (χ3n) is 5.36. The molecule has 4 heteroatoms. The summed E-state index contributed by atoms with van der Waals surface area (Å²) in [5.74, 6) is 0.817. The standard InChI is InChI=1S/C16H31N3O/c1-4-18(5-2)13-9-10-19(11-13)16(20)15-12(3)7-6-8-14(15)17/h12-15H,4-11,17H2,1-3H3. The fourth-order valence-corrected chi connectivity index (χ4v) is 4.07. The Labute approximate surface area is 123 Å². The second-order valence-electron chi connectivity index (χ2n) is 6.55. The predicted octanol–water partition coefficient (Wildman–Crippen LogP) is 1.69. The molecule has 1 saturated heterocycles. The lowest BCUT2D eigenvalue weighted by Crippen LogP contribution is -2.49. The van der Waals surface area contributed by atoms with Gasteiger partial charge in [-0.1, -0.05) is 27.2 Å². The predicted molar refractivity (Wildman–Crippen MR) is 82.4 cm³/mol. The number of rotatable bonds is 4. The van der Waals surface area contributed by atoms with Crippen LogP contribution in [0.2, 0.25) is 0 Å². The summed E-state index contributed by atoms with van der Waals surface area (Å²) in [7, 11) is 0. The lowest BCUT2D eigenvalue weighted by atomic mass is 9.76.